The highest BCUT2D eigenvalue weighted by Crippen LogP contribution is 2.21. The minimum absolute atomic E-state index is 0.227. The van der Waals surface area contributed by atoms with Crippen molar-refractivity contribution in [1.82, 2.24) is 14.8 Å². The van der Waals surface area contributed by atoms with E-state index in [9.17, 15) is 4.79 Å². The Bertz CT molecular complexity index is 943. The fraction of sp³-hybridized carbons (Fsp3) is 0.318. The standard InChI is InChI=1S/C22H26N4O2/c1-5-25(6-2)20-10-8-7-9-19(20)15-28-22(27)18-11-12-21(23-14-18)26-17(4)13-16(3)24-26/h7-14H,5-6,15H2,1-4H3. The fourth-order valence-corrected chi connectivity index (χ4v) is 3.23. The Hall–Kier alpha value is -3.15. The van der Waals surface area contributed by atoms with Crippen LogP contribution < -0.4 is 4.90 Å². The van der Waals surface area contributed by atoms with Crippen molar-refractivity contribution in [2.45, 2.75) is 34.3 Å². The van der Waals surface area contributed by atoms with E-state index in [-0.39, 0.29) is 12.6 Å². The monoisotopic (exact) mass is 378 g/mol. The summed E-state index contributed by atoms with van der Waals surface area (Å²) in [7, 11) is 0. The Balaban J connectivity index is 1.70. The molecular weight excluding hydrogens is 352 g/mol. The molecule has 3 aromatic rings. The third kappa shape index (κ3) is 4.22. The van der Waals surface area contributed by atoms with Gasteiger partial charge in [0.05, 0.1) is 11.3 Å². The van der Waals surface area contributed by atoms with Gasteiger partial charge in [0, 0.05) is 36.2 Å². The highest BCUT2D eigenvalue weighted by molar-refractivity contribution is 5.89. The molecule has 0 spiro atoms. The molecular formula is C22H26N4O2. The van der Waals surface area contributed by atoms with Crippen LogP contribution in [0.25, 0.3) is 5.82 Å². The molecule has 0 aliphatic carbocycles. The van der Waals surface area contributed by atoms with Gasteiger partial charge < -0.3 is 9.64 Å². The molecule has 0 amide bonds. The first-order valence-electron chi connectivity index (χ1n) is 9.53. The highest BCUT2D eigenvalue weighted by Gasteiger charge is 2.13. The van der Waals surface area contributed by atoms with E-state index in [2.05, 4.69) is 34.9 Å². The minimum atomic E-state index is -0.387. The number of nitrogens with zero attached hydrogens (tertiary/aromatic N) is 4. The molecule has 0 radical (unpaired) electrons. The van der Waals surface area contributed by atoms with E-state index in [4.69, 9.17) is 4.74 Å². The summed E-state index contributed by atoms with van der Waals surface area (Å²) in [4.78, 5) is 19.1. The number of carbonyl (C=O) groups excluding carboxylic acids is 1. The van der Waals surface area contributed by atoms with Gasteiger partial charge in [-0.2, -0.15) is 5.10 Å². The first kappa shape index (κ1) is 19.6. The molecule has 0 saturated heterocycles. The molecule has 0 bridgehead atoms. The molecule has 6 heteroatoms. The van der Waals surface area contributed by atoms with Crippen LogP contribution in [0.5, 0.6) is 0 Å². The molecule has 0 unspecified atom stereocenters. The van der Waals surface area contributed by atoms with E-state index in [0.29, 0.717) is 11.4 Å². The van der Waals surface area contributed by atoms with E-state index in [1.165, 1.54) is 6.20 Å². The number of benzene rings is 1. The molecule has 0 saturated carbocycles. The van der Waals surface area contributed by atoms with Crippen molar-refractivity contribution in [2.75, 3.05) is 18.0 Å². The largest absolute Gasteiger partial charge is 0.457 e. The van der Waals surface area contributed by atoms with Gasteiger partial charge >= 0.3 is 5.97 Å². The molecule has 3 rings (SSSR count). The van der Waals surface area contributed by atoms with Gasteiger partial charge in [-0.05, 0) is 52.0 Å². The van der Waals surface area contributed by atoms with Gasteiger partial charge in [-0.25, -0.2) is 14.5 Å². The number of ether oxygens (including phenoxy) is 1. The summed E-state index contributed by atoms with van der Waals surface area (Å²) in [5, 5.41) is 4.41. The second kappa shape index (κ2) is 8.69. The number of rotatable bonds is 7. The maximum atomic E-state index is 12.5. The summed E-state index contributed by atoms with van der Waals surface area (Å²) in [6.07, 6.45) is 1.53. The summed E-state index contributed by atoms with van der Waals surface area (Å²) >= 11 is 0. The SMILES string of the molecule is CCN(CC)c1ccccc1COC(=O)c1ccc(-n2nc(C)cc2C)nc1. The third-order valence-electron chi connectivity index (χ3n) is 4.66. The molecule has 0 aliphatic heterocycles. The summed E-state index contributed by atoms with van der Waals surface area (Å²) in [5.41, 5.74) is 4.43. The predicted molar refractivity (Wildman–Crippen MR) is 110 cm³/mol. The molecule has 0 fully saturated rings. The van der Waals surface area contributed by atoms with Gasteiger partial charge in [-0.3, -0.25) is 0 Å². The van der Waals surface area contributed by atoms with Gasteiger partial charge in [0.1, 0.15) is 6.61 Å². The van der Waals surface area contributed by atoms with Crippen LogP contribution in [0, 0.1) is 13.8 Å². The van der Waals surface area contributed by atoms with Crippen LogP contribution in [-0.4, -0.2) is 33.8 Å². The van der Waals surface area contributed by atoms with Crippen molar-refractivity contribution < 1.29 is 9.53 Å². The number of aromatic nitrogens is 3. The Kier molecular flexibility index (Phi) is 6.09. The lowest BCUT2D eigenvalue weighted by Gasteiger charge is -2.24. The molecule has 0 aliphatic rings. The zero-order valence-corrected chi connectivity index (χ0v) is 16.8. The average Bonchev–Trinajstić information content (AvgIpc) is 3.06. The van der Waals surface area contributed by atoms with Gasteiger partial charge in [0.2, 0.25) is 0 Å². The van der Waals surface area contributed by atoms with Crippen molar-refractivity contribution in [3.8, 4) is 5.82 Å². The Morgan fingerprint density at radius 3 is 2.46 bits per heavy atom. The van der Waals surface area contributed by atoms with E-state index in [1.54, 1.807) is 16.8 Å². The first-order chi connectivity index (χ1) is 13.5. The van der Waals surface area contributed by atoms with Crippen LogP contribution in [0.2, 0.25) is 0 Å². The molecule has 0 N–H and O–H groups in total. The maximum Gasteiger partial charge on any atom is 0.340 e. The summed E-state index contributed by atoms with van der Waals surface area (Å²) in [5.74, 6) is 0.288. The second-order valence-corrected chi connectivity index (χ2v) is 6.62. The summed E-state index contributed by atoms with van der Waals surface area (Å²) in [6.45, 7) is 10.2. The Morgan fingerprint density at radius 1 is 1.11 bits per heavy atom. The van der Waals surface area contributed by atoms with E-state index < -0.39 is 0 Å². The quantitative estimate of drug-likeness (QED) is 0.580. The molecule has 0 atom stereocenters. The number of hydrogen-bond acceptors (Lipinski definition) is 5. The Morgan fingerprint density at radius 2 is 1.86 bits per heavy atom. The topological polar surface area (TPSA) is 60.2 Å². The number of anilines is 1. The highest BCUT2D eigenvalue weighted by atomic mass is 16.5. The van der Waals surface area contributed by atoms with Crippen LogP contribution >= 0.6 is 0 Å². The number of hydrogen-bond donors (Lipinski definition) is 0. The number of pyridine rings is 1. The Labute approximate surface area is 165 Å². The van der Waals surface area contributed by atoms with Crippen LogP contribution in [-0.2, 0) is 11.3 Å². The average molecular weight is 378 g/mol. The minimum Gasteiger partial charge on any atom is -0.457 e. The lowest BCUT2D eigenvalue weighted by atomic mass is 10.1. The number of para-hydroxylation sites is 1. The normalized spacial score (nSPS) is 10.7. The molecule has 28 heavy (non-hydrogen) atoms. The van der Waals surface area contributed by atoms with Gasteiger partial charge in [-0.1, -0.05) is 18.2 Å². The zero-order chi connectivity index (χ0) is 20.1. The van der Waals surface area contributed by atoms with E-state index in [1.807, 2.05) is 38.1 Å². The summed E-state index contributed by atoms with van der Waals surface area (Å²) < 4.78 is 7.29. The van der Waals surface area contributed by atoms with Crippen molar-refractivity contribution in [3.05, 3.63) is 71.2 Å². The van der Waals surface area contributed by atoms with Gasteiger partial charge in [0.25, 0.3) is 0 Å². The smallest absolute Gasteiger partial charge is 0.340 e. The molecule has 2 heterocycles. The molecule has 146 valence electrons. The van der Waals surface area contributed by atoms with Crippen LogP contribution in [0.15, 0.2) is 48.7 Å². The number of carbonyl (C=O) groups is 1. The van der Waals surface area contributed by atoms with Crippen LogP contribution in [0.1, 0.15) is 41.2 Å². The van der Waals surface area contributed by atoms with Gasteiger partial charge in [-0.15, -0.1) is 0 Å². The lowest BCUT2D eigenvalue weighted by molar-refractivity contribution is 0.0473. The van der Waals surface area contributed by atoms with Crippen molar-refractivity contribution in [1.29, 1.82) is 0 Å². The zero-order valence-electron chi connectivity index (χ0n) is 16.8. The van der Waals surface area contributed by atoms with Crippen molar-refractivity contribution in [3.63, 3.8) is 0 Å². The van der Waals surface area contributed by atoms with Crippen LogP contribution in [0.4, 0.5) is 5.69 Å². The fourth-order valence-electron chi connectivity index (χ4n) is 3.23. The van der Waals surface area contributed by atoms with Crippen LogP contribution in [0.3, 0.4) is 0 Å². The third-order valence-corrected chi connectivity index (χ3v) is 4.66. The number of esters is 1. The van der Waals surface area contributed by atoms with E-state index in [0.717, 1.165) is 35.7 Å². The first-order valence-corrected chi connectivity index (χ1v) is 9.53. The summed E-state index contributed by atoms with van der Waals surface area (Å²) in [6, 6.07) is 13.5. The maximum absolute atomic E-state index is 12.5. The van der Waals surface area contributed by atoms with E-state index >= 15 is 0 Å². The second-order valence-electron chi connectivity index (χ2n) is 6.62. The van der Waals surface area contributed by atoms with Crippen molar-refractivity contribution >= 4 is 11.7 Å². The predicted octanol–water partition coefficient (Wildman–Crippen LogP) is 4.09. The molecule has 2 aromatic heterocycles. The molecule has 1 aromatic carbocycles. The lowest BCUT2D eigenvalue weighted by Crippen LogP contribution is -2.23. The van der Waals surface area contributed by atoms with Gasteiger partial charge in [0.15, 0.2) is 5.82 Å². The molecule has 6 nitrogen and oxygen atoms in total. The number of aryl methyl sites for hydroxylation is 2. The van der Waals surface area contributed by atoms with Crippen molar-refractivity contribution in [2.24, 2.45) is 0 Å².